The molecule has 22 heavy (non-hydrogen) atoms. The maximum atomic E-state index is 13.0. The normalized spacial score (nSPS) is 11.8. The van der Waals surface area contributed by atoms with Crippen LogP contribution in [0.3, 0.4) is 0 Å². The molecule has 0 saturated carbocycles. The predicted octanol–water partition coefficient (Wildman–Crippen LogP) is 2.65. The van der Waals surface area contributed by atoms with Crippen LogP contribution in [0.15, 0.2) is 24.3 Å². The van der Waals surface area contributed by atoms with Gasteiger partial charge in [0, 0.05) is 31.4 Å². The Balaban J connectivity index is 2.96. The average Bonchev–Trinajstić information content (AvgIpc) is 2.54. The Morgan fingerprint density at radius 2 is 1.64 bits per heavy atom. The second-order valence-electron chi connectivity index (χ2n) is 6.03. The van der Waals surface area contributed by atoms with Crippen LogP contribution in [-0.4, -0.2) is 57.5 Å². The largest absolute Gasteiger partial charge is 0.373 e. The summed E-state index contributed by atoms with van der Waals surface area (Å²) in [5, 5.41) is 3.14. The Morgan fingerprint density at radius 1 is 1.09 bits per heavy atom. The molecular weight excluding hydrogens is 274 g/mol. The van der Waals surface area contributed by atoms with E-state index in [1.54, 1.807) is 0 Å². The molecule has 0 unspecified atom stereocenters. The number of anilines is 1. The van der Waals surface area contributed by atoms with Gasteiger partial charge in [0.05, 0.1) is 5.54 Å². The Bertz CT molecular complexity index is 464. The van der Waals surface area contributed by atoms with Crippen LogP contribution in [0.4, 0.5) is 5.69 Å². The van der Waals surface area contributed by atoms with Crippen LogP contribution in [0.25, 0.3) is 0 Å². The van der Waals surface area contributed by atoms with Crippen molar-refractivity contribution in [3.05, 3.63) is 29.8 Å². The fraction of sp³-hybridized carbons (Fsp3) is 0.611. The summed E-state index contributed by atoms with van der Waals surface area (Å²) in [4.78, 5) is 17.2. The number of ketones is 1. The van der Waals surface area contributed by atoms with Crippen LogP contribution in [0.5, 0.6) is 0 Å². The topological polar surface area (TPSA) is 35.6 Å². The second-order valence-corrected chi connectivity index (χ2v) is 6.03. The minimum absolute atomic E-state index is 0.215. The molecular formula is C18H31N3O. The molecule has 4 heteroatoms. The van der Waals surface area contributed by atoms with Gasteiger partial charge in [-0.3, -0.25) is 9.69 Å². The number of likely N-dealkylation sites (N-methyl/N-ethyl adjacent to an activating group) is 3. The van der Waals surface area contributed by atoms with Gasteiger partial charge in [-0.25, -0.2) is 0 Å². The van der Waals surface area contributed by atoms with Crippen molar-refractivity contribution in [3.63, 3.8) is 0 Å². The highest BCUT2D eigenvalue weighted by molar-refractivity contribution is 6.03. The van der Waals surface area contributed by atoms with E-state index in [4.69, 9.17) is 0 Å². The molecule has 4 nitrogen and oxygen atoms in total. The maximum Gasteiger partial charge on any atom is 0.183 e. The van der Waals surface area contributed by atoms with Gasteiger partial charge < -0.3 is 10.2 Å². The van der Waals surface area contributed by atoms with Crippen LogP contribution in [0.1, 0.15) is 37.0 Å². The highest BCUT2D eigenvalue weighted by atomic mass is 16.1. The summed E-state index contributed by atoms with van der Waals surface area (Å²) in [5.74, 6) is 0.215. The molecule has 0 spiro atoms. The summed E-state index contributed by atoms with van der Waals surface area (Å²) in [6.07, 6.45) is 1.64. The predicted molar refractivity (Wildman–Crippen MR) is 95.0 cm³/mol. The van der Waals surface area contributed by atoms with Crippen LogP contribution < -0.4 is 10.2 Å². The maximum absolute atomic E-state index is 13.0. The fourth-order valence-corrected chi connectivity index (χ4v) is 2.95. The summed E-state index contributed by atoms with van der Waals surface area (Å²) in [6.45, 7) is 6.05. The van der Waals surface area contributed by atoms with Crippen molar-refractivity contribution in [2.24, 2.45) is 0 Å². The molecule has 0 heterocycles. The van der Waals surface area contributed by atoms with Crippen LogP contribution in [-0.2, 0) is 0 Å². The first-order chi connectivity index (χ1) is 10.4. The molecule has 0 fully saturated rings. The quantitative estimate of drug-likeness (QED) is 0.712. The molecule has 1 aromatic carbocycles. The fourth-order valence-electron chi connectivity index (χ4n) is 2.95. The third-order valence-electron chi connectivity index (χ3n) is 4.72. The number of carbonyl (C=O) groups excluding carboxylic acids is 1. The van der Waals surface area contributed by atoms with Crippen molar-refractivity contribution in [2.45, 2.75) is 32.2 Å². The van der Waals surface area contributed by atoms with Gasteiger partial charge in [0.1, 0.15) is 0 Å². The van der Waals surface area contributed by atoms with E-state index in [-0.39, 0.29) is 5.78 Å². The summed E-state index contributed by atoms with van der Waals surface area (Å²) in [7, 11) is 8.00. The molecule has 0 aromatic heterocycles. The monoisotopic (exact) mass is 305 g/mol. The van der Waals surface area contributed by atoms with E-state index in [9.17, 15) is 4.79 Å². The molecule has 1 aromatic rings. The number of hydrogen-bond donors (Lipinski definition) is 1. The van der Waals surface area contributed by atoms with Crippen LogP contribution >= 0.6 is 0 Å². The average molecular weight is 305 g/mol. The first kappa shape index (κ1) is 18.7. The van der Waals surface area contributed by atoms with Crippen molar-refractivity contribution in [2.75, 3.05) is 46.2 Å². The van der Waals surface area contributed by atoms with Gasteiger partial charge in [0.2, 0.25) is 0 Å². The van der Waals surface area contributed by atoms with E-state index in [2.05, 4.69) is 36.0 Å². The summed E-state index contributed by atoms with van der Waals surface area (Å²) < 4.78 is 0. The third-order valence-corrected chi connectivity index (χ3v) is 4.72. The molecule has 0 radical (unpaired) electrons. The second kappa shape index (κ2) is 8.30. The van der Waals surface area contributed by atoms with Crippen LogP contribution in [0.2, 0.25) is 0 Å². The number of nitrogens with zero attached hydrogens (tertiary/aromatic N) is 2. The Labute approximate surface area is 135 Å². The molecule has 0 atom stereocenters. The first-order valence-electron chi connectivity index (χ1n) is 8.11. The van der Waals surface area contributed by atoms with Crippen LogP contribution in [0, 0.1) is 0 Å². The highest BCUT2D eigenvalue weighted by Crippen LogP contribution is 2.27. The smallest absolute Gasteiger partial charge is 0.183 e. The van der Waals surface area contributed by atoms with Gasteiger partial charge in [0.15, 0.2) is 5.78 Å². The van der Waals surface area contributed by atoms with Crippen molar-refractivity contribution in [1.82, 2.24) is 10.2 Å². The third kappa shape index (κ3) is 3.87. The van der Waals surface area contributed by atoms with E-state index in [1.807, 2.05) is 45.4 Å². The zero-order valence-electron chi connectivity index (χ0n) is 14.9. The summed E-state index contributed by atoms with van der Waals surface area (Å²) >= 11 is 0. The minimum atomic E-state index is -0.403. The standard InChI is InChI=1S/C18H31N3O/c1-7-18(8-2,20(4)5)17(22)15-9-11-16(12-10-15)21(6)14-13-19-3/h9-12,19H,7-8,13-14H2,1-6H3. The van der Waals surface area contributed by atoms with Gasteiger partial charge in [-0.2, -0.15) is 0 Å². The molecule has 124 valence electrons. The summed E-state index contributed by atoms with van der Waals surface area (Å²) in [6, 6.07) is 7.98. The number of Topliss-reactive ketones (excluding diaryl/α,β-unsaturated/α-hetero) is 1. The minimum Gasteiger partial charge on any atom is -0.373 e. The number of rotatable bonds is 9. The molecule has 1 rings (SSSR count). The lowest BCUT2D eigenvalue weighted by molar-refractivity contribution is 0.0656. The first-order valence-corrected chi connectivity index (χ1v) is 8.11. The van der Waals surface area contributed by atoms with Gasteiger partial charge in [-0.1, -0.05) is 13.8 Å². The molecule has 0 aliphatic carbocycles. The molecule has 0 saturated heterocycles. The lowest BCUT2D eigenvalue weighted by Crippen LogP contribution is -2.50. The van der Waals surface area contributed by atoms with Gasteiger partial charge >= 0.3 is 0 Å². The summed E-state index contributed by atoms with van der Waals surface area (Å²) in [5.41, 5.74) is 1.53. The number of hydrogen-bond acceptors (Lipinski definition) is 4. The molecule has 1 N–H and O–H groups in total. The van der Waals surface area contributed by atoms with Crippen molar-refractivity contribution in [3.8, 4) is 0 Å². The Hall–Kier alpha value is -1.39. The number of carbonyl (C=O) groups is 1. The molecule has 0 bridgehead atoms. The van der Waals surface area contributed by atoms with Gasteiger partial charge in [0.25, 0.3) is 0 Å². The SMILES string of the molecule is CCC(CC)(C(=O)c1ccc(N(C)CCNC)cc1)N(C)C. The van der Waals surface area contributed by atoms with Crippen molar-refractivity contribution < 1.29 is 4.79 Å². The molecule has 0 amide bonds. The lowest BCUT2D eigenvalue weighted by atomic mass is 9.83. The number of nitrogens with one attached hydrogen (secondary N) is 1. The lowest BCUT2D eigenvalue weighted by Gasteiger charge is -2.37. The van der Waals surface area contributed by atoms with E-state index in [0.29, 0.717) is 0 Å². The van der Waals surface area contributed by atoms with E-state index >= 15 is 0 Å². The Kier molecular flexibility index (Phi) is 7.04. The molecule has 0 aliphatic rings. The number of benzene rings is 1. The highest BCUT2D eigenvalue weighted by Gasteiger charge is 2.37. The molecule has 0 aliphatic heterocycles. The van der Waals surface area contributed by atoms with Crippen molar-refractivity contribution >= 4 is 11.5 Å². The van der Waals surface area contributed by atoms with E-state index in [1.165, 1.54) is 0 Å². The Morgan fingerprint density at radius 3 is 2.05 bits per heavy atom. The van der Waals surface area contributed by atoms with E-state index in [0.717, 1.165) is 37.2 Å². The van der Waals surface area contributed by atoms with Gasteiger partial charge in [-0.15, -0.1) is 0 Å². The zero-order valence-corrected chi connectivity index (χ0v) is 14.9. The van der Waals surface area contributed by atoms with Gasteiger partial charge in [-0.05, 0) is 58.3 Å². The zero-order chi connectivity index (χ0) is 16.8. The van der Waals surface area contributed by atoms with E-state index < -0.39 is 5.54 Å². The van der Waals surface area contributed by atoms with Crippen molar-refractivity contribution in [1.29, 1.82) is 0 Å².